The predicted molar refractivity (Wildman–Crippen MR) is 89.7 cm³/mol. The third-order valence-electron chi connectivity index (χ3n) is 3.62. The summed E-state index contributed by atoms with van der Waals surface area (Å²) in [7, 11) is 0. The predicted octanol–water partition coefficient (Wildman–Crippen LogP) is 3.88. The van der Waals surface area contributed by atoms with Crippen LogP contribution in [0.25, 0.3) is 0 Å². The highest BCUT2D eigenvalue weighted by atomic mass is 19.4. The number of hydrogen-bond acceptors (Lipinski definition) is 5. The van der Waals surface area contributed by atoms with E-state index in [1.54, 1.807) is 6.07 Å². The summed E-state index contributed by atoms with van der Waals surface area (Å²) in [6.07, 6.45) is -2.35. The second-order valence-electron chi connectivity index (χ2n) is 5.70. The number of ether oxygens (including phenoxy) is 2. The summed E-state index contributed by atoms with van der Waals surface area (Å²) in [6.45, 7) is 0.00214. The van der Waals surface area contributed by atoms with Gasteiger partial charge in [-0.05, 0) is 23.8 Å². The number of H-pyrrole nitrogens is 1. The van der Waals surface area contributed by atoms with Crippen molar-refractivity contribution in [2.45, 2.75) is 12.6 Å². The van der Waals surface area contributed by atoms with Gasteiger partial charge in [-0.2, -0.15) is 22.5 Å². The lowest BCUT2D eigenvalue weighted by Gasteiger charge is -2.11. The summed E-state index contributed by atoms with van der Waals surface area (Å²) >= 11 is 0. The minimum atomic E-state index is -4.85. The number of nitrogens with zero attached hydrogens (tertiary/aromatic N) is 2. The van der Waals surface area contributed by atoms with Gasteiger partial charge in [-0.15, -0.1) is 0 Å². The lowest BCUT2D eigenvalue weighted by atomic mass is 10.2. The SMILES string of the molecule is O=c1nc(OCCc2ccc(Oc3ccc(F)c(C(F)(F)F)c3)nc2)c(F)c[nH]1. The first-order valence-corrected chi connectivity index (χ1v) is 8.10. The molecule has 0 saturated carbocycles. The molecule has 0 saturated heterocycles. The molecule has 1 aromatic carbocycles. The summed E-state index contributed by atoms with van der Waals surface area (Å²) in [6, 6.07) is 5.23. The summed E-state index contributed by atoms with van der Waals surface area (Å²) < 4.78 is 75.2. The van der Waals surface area contributed by atoms with E-state index in [2.05, 4.69) is 15.0 Å². The molecule has 2 aromatic heterocycles. The second-order valence-corrected chi connectivity index (χ2v) is 5.70. The standard InChI is InChI=1S/C18H12F5N3O3/c19-13-3-2-11(7-12(13)18(21,22)23)29-15-4-1-10(8-24-15)5-6-28-16-14(20)9-25-17(27)26-16/h1-4,7-9H,5-6H2,(H,25,26,27). The van der Waals surface area contributed by atoms with Crippen LogP contribution >= 0.6 is 0 Å². The molecule has 29 heavy (non-hydrogen) atoms. The zero-order chi connectivity index (χ0) is 21.0. The zero-order valence-electron chi connectivity index (χ0n) is 14.5. The van der Waals surface area contributed by atoms with Crippen molar-refractivity contribution in [3.8, 4) is 17.5 Å². The lowest BCUT2D eigenvalue weighted by Crippen LogP contribution is -2.14. The topological polar surface area (TPSA) is 77.1 Å². The normalized spacial score (nSPS) is 11.3. The molecule has 0 radical (unpaired) electrons. The summed E-state index contributed by atoms with van der Waals surface area (Å²) in [5.74, 6) is -2.88. The molecule has 0 amide bonds. The molecule has 6 nitrogen and oxygen atoms in total. The second kappa shape index (κ2) is 8.25. The number of nitrogens with one attached hydrogen (secondary N) is 1. The molecule has 0 aliphatic carbocycles. The van der Waals surface area contributed by atoms with Crippen molar-refractivity contribution in [3.63, 3.8) is 0 Å². The van der Waals surface area contributed by atoms with E-state index in [4.69, 9.17) is 9.47 Å². The molecule has 152 valence electrons. The van der Waals surface area contributed by atoms with Crippen molar-refractivity contribution >= 4 is 0 Å². The van der Waals surface area contributed by atoms with E-state index in [9.17, 15) is 26.7 Å². The van der Waals surface area contributed by atoms with Gasteiger partial charge in [-0.1, -0.05) is 6.07 Å². The van der Waals surface area contributed by atoms with Gasteiger partial charge >= 0.3 is 11.9 Å². The average molecular weight is 413 g/mol. The number of halogens is 5. The first kappa shape index (κ1) is 20.2. The highest BCUT2D eigenvalue weighted by Crippen LogP contribution is 2.34. The Morgan fingerprint density at radius 2 is 1.86 bits per heavy atom. The van der Waals surface area contributed by atoms with Gasteiger partial charge in [0.25, 0.3) is 5.88 Å². The van der Waals surface area contributed by atoms with Crippen molar-refractivity contribution in [1.82, 2.24) is 15.0 Å². The Labute approximate surface area is 160 Å². The van der Waals surface area contributed by atoms with E-state index in [1.165, 1.54) is 12.3 Å². The van der Waals surface area contributed by atoms with E-state index in [1.807, 2.05) is 0 Å². The number of hydrogen-bond donors (Lipinski definition) is 1. The maximum Gasteiger partial charge on any atom is 0.419 e. The van der Waals surface area contributed by atoms with Gasteiger partial charge in [0, 0.05) is 24.9 Å². The van der Waals surface area contributed by atoms with E-state index in [0.717, 1.165) is 12.3 Å². The van der Waals surface area contributed by atoms with Crippen LogP contribution in [0.5, 0.6) is 17.5 Å². The number of aromatic nitrogens is 3. The van der Waals surface area contributed by atoms with Gasteiger partial charge in [-0.3, -0.25) is 0 Å². The summed E-state index contributed by atoms with van der Waals surface area (Å²) in [5.41, 5.74) is -1.54. The van der Waals surface area contributed by atoms with Gasteiger partial charge in [0.15, 0.2) is 0 Å². The van der Waals surface area contributed by atoms with Crippen LogP contribution < -0.4 is 15.2 Å². The number of alkyl halides is 3. The van der Waals surface area contributed by atoms with Crippen molar-refractivity contribution < 1.29 is 31.4 Å². The van der Waals surface area contributed by atoms with Gasteiger partial charge < -0.3 is 14.5 Å². The Hall–Kier alpha value is -3.50. The van der Waals surface area contributed by atoms with Crippen LogP contribution in [0, 0.1) is 11.6 Å². The molecular weight excluding hydrogens is 401 g/mol. The summed E-state index contributed by atoms with van der Waals surface area (Å²) in [4.78, 5) is 20.4. The average Bonchev–Trinajstić information content (AvgIpc) is 2.66. The number of aromatic amines is 1. The molecule has 3 rings (SSSR count). The molecule has 0 fully saturated rings. The zero-order valence-corrected chi connectivity index (χ0v) is 14.5. The minimum absolute atomic E-state index is 0.00214. The highest BCUT2D eigenvalue weighted by Gasteiger charge is 2.34. The largest absolute Gasteiger partial charge is 0.475 e. The Morgan fingerprint density at radius 3 is 2.55 bits per heavy atom. The van der Waals surface area contributed by atoms with Gasteiger partial charge in [-0.25, -0.2) is 14.2 Å². The van der Waals surface area contributed by atoms with Crippen LogP contribution in [-0.4, -0.2) is 21.6 Å². The van der Waals surface area contributed by atoms with Crippen LogP contribution in [0.4, 0.5) is 22.0 Å². The van der Waals surface area contributed by atoms with Crippen LogP contribution in [0.2, 0.25) is 0 Å². The Morgan fingerprint density at radius 1 is 1.07 bits per heavy atom. The van der Waals surface area contributed by atoms with Crippen LogP contribution in [0.15, 0.2) is 47.5 Å². The van der Waals surface area contributed by atoms with Crippen molar-refractivity contribution in [3.05, 3.63) is 76.0 Å². The van der Waals surface area contributed by atoms with Gasteiger partial charge in [0.05, 0.1) is 12.2 Å². The van der Waals surface area contributed by atoms with Crippen LogP contribution in [-0.2, 0) is 12.6 Å². The third kappa shape index (κ3) is 5.27. The first-order valence-electron chi connectivity index (χ1n) is 8.10. The van der Waals surface area contributed by atoms with E-state index < -0.39 is 34.9 Å². The molecule has 3 aromatic rings. The molecule has 0 unspecified atom stereocenters. The van der Waals surface area contributed by atoms with E-state index in [0.29, 0.717) is 17.7 Å². The molecule has 0 spiro atoms. The minimum Gasteiger partial charge on any atom is -0.475 e. The fraction of sp³-hybridized carbons (Fsp3) is 0.167. The molecule has 0 atom stereocenters. The monoisotopic (exact) mass is 413 g/mol. The molecule has 0 bridgehead atoms. The maximum atomic E-state index is 13.4. The first-order chi connectivity index (χ1) is 13.7. The molecule has 1 N–H and O–H groups in total. The van der Waals surface area contributed by atoms with Crippen LogP contribution in [0.3, 0.4) is 0 Å². The molecule has 0 aliphatic rings. The van der Waals surface area contributed by atoms with Gasteiger partial charge in [0.1, 0.15) is 11.6 Å². The molecule has 11 heteroatoms. The van der Waals surface area contributed by atoms with Gasteiger partial charge in [0.2, 0.25) is 11.7 Å². The van der Waals surface area contributed by atoms with E-state index >= 15 is 0 Å². The fourth-order valence-corrected chi connectivity index (χ4v) is 2.26. The number of benzene rings is 1. The van der Waals surface area contributed by atoms with E-state index in [-0.39, 0.29) is 24.7 Å². The number of pyridine rings is 1. The molecule has 2 heterocycles. The smallest absolute Gasteiger partial charge is 0.419 e. The highest BCUT2D eigenvalue weighted by molar-refractivity contribution is 5.34. The van der Waals surface area contributed by atoms with Crippen molar-refractivity contribution in [2.24, 2.45) is 0 Å². The fourth-order valence-electron chi connectivity index (χ4n) is 2.26. The summed E-state index contributed by atoms with van der Waals surface area (Å²) in [5, 5.41) is 0. The Bertz CT molecular complexity index is 1050. The number of rotatable bonds is 6. The van der Waals surface area contributed by atoms with Crippen LogP contribution in [0.1, 0.15) is 11.1 Å². The van der Waals surface area contributed by atoms with Crippen molar-refractivity contribution in [2.75, 3.05) is 6.61 Å². The quantitative estimate of drug-likeness (QED) is 0.621. The Kier molecular flexibility index (Phi) is 5.76. The maximum absolute atomic E-state index is 13.4. The third-order valence-corrected chi connectivity index (χ3v) is 3.62. The molecule has 0 aliphatic heterocycles. The molecular formula is C18H12F5N3O3. The Balaban J connectivity index is 1.60. The van der Waals surface area contributed by atoms with Crippen molar-refractivity contribution in [1.29, 1.82) is 0 Å². The lowest BCUT2D eigenvalue weighted by molar-refractivity contribution is -0.140.